The molecule has 1 aliphatic rings. The highest BCUT2D eigenvalue weighted by molar-refractivity contribution is 9.10. The number of carbonyl (C=O) groups is 1. The van der Waals surface area contributed by atoms with E-state index in [0.717, 1.165) is 18.4 Å². The van der Waals surface area contributed by atoms with E-state index in [1.54, 1.807) is 0 Å². The van der Waals surface area contributed by atoms with Crippen molar-refractivity contribution in [2.45, 2.75) is 24.1 Å². The van der Waals surface area contributed by atoms with E-state index in [1.165, 1.54) is 12.1 Å². The van der Waals surface area contributed by atoms with Gasteiger partial charge in [0.25, 0.3) is 0 Å². The number of hydrogen-bond acceptors (Lipinski definition) is 1. The molecule has 1 unspecified atom stereocenters. The summed E-state index contributed by atoms with van der Waals surface area (Å²) in [5, 5.41) is 0.352. The zero-order valence-corrected chi connectivity index (χ0v) is 12.8. The predicted molar refractivity (Wildman–Crippen MR) is 73.3 cm³/mol. The SMILES string of the molecule is O=C(C(Br)Cc1c(Cl)cc(F)cc1Br)C1CC1. The zero-order valence-electron chi connectivity index (χ0n) is 8.85. The second-order valence-electron chi connectivity index (χ2n) is 4.20. The van der Waals surface area contributed by atoms with Crippen molar-refractivity contribution in [3.63, 3.8) is 0 Å². The summed E-state index contributed by atoms with van der Waals surface area (Å²) in [7, 11) is 0. The van der Waals surface area contributed by atoms with Crippen molar-refractivity contribution in [3.05, 3.63) is 33.0 Å². The molecule has 1 aromatic carbocycles. The van der Waals surface area contributed by atoms with Gasteiger partial charge in [-0.05, 0) is 37.0 Å². The third-order valence-electron chi connectivity index (χ3n) is 2.78. The Labute approximate surface area is 121 Å². The number of ketones is 1. The minimum atomic E-state index is -0.384. The Hall–Kier alpha value is 0.0700. The van der Waals surface area contributed by atoms with Crippen molar-refractivity contribution in [1.29, 1.82) is 0 Å². The highest BCUT2D eigenvalue weighted by atomic mass is 79.9. The van der Waals surface area contributed by atoms with Gasteiger partial charge in [-0.15, -0.1) is 0 Å². The molecule has 1 atom stereocenters. The molecule has 0 bridgehead atoms. The van der Waals surface area contributed by atoms with Crippen LogP contribution in [-0.2, 0) is 11.2 Å². The molecular weight excluding hydrogens is 374 g/mol. The summed E-state index contributed by atoms with van der Waals surface area (Å²) >= 11 is 12.6. The van der Waals surface area contributed by atoms with Crippen molar-refractivity contribution in [2.75, 3.05) is 0 Å². The van der Waals surface area contributed by atoms with Crippen LogP contribution in [0.1, 0.15) is 18.4 Å². The molecule has 2 rings (SSSR count). The number of rotatable bonds is 4. The Morgan fingerprint density at radius 3 is 2.71 bits per heavy atom. The minimum Gasteiger partial charge on any atom is -0.298 e. The fourth-order valence-electron chi connectivity index (χ4n) is 1.67. The van der Waals surface area contributed by atoms with Crippen LogP contribution >= 0.6 is 43.5 Å². The fraction of sp³-hybridized carbons (Fsp3) is 0.417. The van der Waals surface area contributed by atoms with Crippen molar-refractivity contribution in [3.8, 4) is 0 Å². The van der Waals surface area contributed by atoms with Crippen molar-refractivity contribution in [1.82, 2.24) is 0 Å². The number of benzene rings is 1. The number of Topliss-reactive ketones (excluding diaryl/α,β-unsaturated/α-hetero) is 1. The minimum absolute atomic E-state index is 0.206. The summed E-state index contributed by atoms with van der Waals surface area (Å²) in [5.41, 5.74) is 0.768. The Morgan fingerprint density at radius 2 is 2.18 bits per heavy atom. The lowest BCUT2D eigenvalue weighted by molar-refractivity contribution is -0.119. The van der Waals surface area contributed by atoms with E-state index in [4.69, 9.17) is 11.6 Å². The first-order valence-electron chi connectivity index (χ1n) is 5.30. The molecule has 1 saturated carbocycles. The first-order valence-corrected chi connectivity index (χ1v) is 7.39. The molecule has 0 amide bonds. The lowest BCUT2D eigenvalue weighted by atomic mass is 10.1. The molecular formula is C12H10Br2ClFO. The molecule has 0 aromatic heterocycles. The molecule has 92 valence electrons. The maximum absolute atomic E-state index is 13.0. The van der Waals surface area contributed by atoms with E-state index in [2.05, 4.69) is 31.9 Å². The van der Waals surface area contributed by atoms with Gasteiger partial charge in [0.05, 0.1) is 4.83 Å². The van der Waals surface area contributed by atoms with Crippen LogP contribution in [0.2, 0.25) is 5.02 Å². The Kier molecular flexibility index (Phi) is 4.26. The summed E-state index contributed by atoms with van der Waals surface area (Å²) in [6.07, 6.45) is 2.45. The second-order valence-corrected chi connectivity index (χ2v) is 6.56. The molecule has 0 N–H and O–H groups in total. The van der Waals surface area contributed by atoms with E-state index in [-0.39, 0.29) is 22.3 Å². The molecule has 0 radical (unpaired) electrons. The highest BCUT2D eigenvalue weighted by Crippen LogP contribution is 2.35. The summed E-state index contributed by atoms with van der Waals surface area (Å²) < 4.78 is 13.7. The fourth-order valence-corrected chi connectivity index (χ4v) is 3.36. The van der Waals surface area contributed by atoms with Gasteiger partial charge in [0, 0.05) is 15.4 Å². The van der Waals surface area contributed by atoms with Crippen LogP contribution in [0, 0.1) is 11.7 Å². The smallest absolute Gasteiger partial charge is 0.149 e. The van der Waals surface area contributed by atoms with Gasteiger partial charge in [-0.25, -0.2) is 4.39 Å². The van der Waals surface area contributed by atoms with E-state index in [1.807, 2.05) is 0 Å². The predicted octanol–water partition coefficient (Wildman–Crippen LogP) is 4.53. The van der Waals surface area contributed by atoms with Gasteiger partial charge >= 0.3 is 0 Å². The number of carbonyl (C=O) groups excluding carboxylic acids is 1. The normalized spacial score (nSPS) is 16.9. The molecule has 1 aromatic rings. The van der Waals surface area contributed by atoms with Gasteiger partial charge in [0.15, 0.2) is 0 Å². The number of alkyl halides is 1. The molecule has 17 heavy (non-hydrogen) atoms. The van der Waals surface area contributed by atoms with Crippen LogP contribution in [0.5, 0.6) is 0 Å². The summed E-state index contributed by atoms with van der Waals surface area (Å²) in [6.45, 7) is 0. The van der Waals surface area contributed by atoms with Gasteiger partial charge in [-0.3, -0.25) is 4.79 Å². The molecule has 0 spiro atoms. The molecule has 5 heteroatoms. The molecule has 1 nitrogen and oxygen atoms in total. The summed E-state index contributed by atoms with van der Waals surface area (Å²) in [6, 6.07) is 2.63. The van der Waals surface area contributed by atoms with Crippen LogP contribution in [0.3, 0.4) is 0 Å². The van der Waals surface area contributed by atoms with Crippen LogP contribution < -0.4 is 0 Å². The van der Waals surface area contributed by atoms with E-state index in [9.17, 15) is 9.18 Å². The van der Waals surface area contributed by atoms with E-state index >= 15 is 0 Å². The Morgan fingerprint density at radius 1 is 1.53 bits per heavy atom. The van der Waals surface area contributed by atoms with Crippen molar-refractivity contribution >= 4 is 49.2 Å². The number of hydrogen-bond donors (Lipinski definition) is 0. The van der Waals surface area contributed by atoms with Crippen LogP contribution in [0.15, 0.2) is 16.6 Å². The molecule has 0 aliphatic heterocycles. The van der Waals surface area contributed by atoms with Crippen molar-refractivity contribution < 1.29 is 9.18 Å². The Balaban J connectivity index is 2.15. The van der Waals surface area contributed by atoms with Gasteiger partial charge in [-0.2, -0.15) is 0 Å². The Bertz CT molecular complexity index is 437. The largest absolute Gasteiger partial charge is 0.298 e. The maximum atomic E-state index is 13.0. The third kappa shape index (κ3) is 3.30. The van der Waals surface area contributed by atoms with Crippen LogP contribution in [0.25, 0.3) is 0 Å². The van der Waals surface area contributed by atoms with Crippen molar-refractivity contribution in [2.24, 2.45) is 5.92 Å². The average Bonchev–Trinajstić information content (AvgIpc) is 3.05. The van der Waals surface area contributed by atoms with E-state index < -0.39 is 0 Å². The summed E-state index contributed by atoms with van der Waals surface area (Å²) in [4.78, 5) is 11.6. The lowest BCUT2D eigenvalue weighted by Crippen LogP contribution is -2.18. The van der Waals surface area contributed by atoms with Gasteiger partial charge < -0.3 is 0 Å². The maximum Gasteiger partial charge on any atom is 0.149 e. The standard InChI is InChI=1S/C12H10Br2ClFO/c13-9-3-7(16)4-11(15)8(9)5-10(14)12(17)6-1-2-6/h3-4,6,10H,1-2,5H2. The highest BCUT2D eigenvalue weighted by Gasteiger charge is 2.34. The summed E-state index contributed by atoms with van der Waals surface area (Å²) in [5.74, 6) is 0.0416. The van der Waals surface area contributed by atoms with E-state index in [0.29, 0.717) is 15.9 Å². The zero-order chi connectivity index (χ0) is 12.6. The average molecular weight is 384 g/mol. The second kappa shape index (κ2) is 5.37. The first kappa shape index (κ1) is 13.5. The molecule has 0 saturated heterocycles. The third-order valence-corrected chi connectivity index (χ3v) is 4.60. The molecule has 0 heterocycles. The first-order chi connectivity index (χ1) is 7.99. The molecule has 1 aliphatic carbocycles. The topological polar surface area (TPSA) is 17.1 Å². The quantitative estimate of drug-likeness (QED) is 0.698. The van der Waals surface area contributed by atoms with Crippen LogP contribution in [0.4, 0.5) is 4.39 Å². The molecule has 1 fully saturated rings. The number of halogens is 4. The van der Waals surface area contributed by atoms with Crippen LogP contribution in [-0.4, -0.2) is 10.6 Å². The van der Waals surface area contributed by atoms with Gasteiger partial charge in [0.2, 0.25) is 0 Å². The monoisotopic (exact) mass is 382 g/mol. The lowest BCUT2D eigenvalue weighted by Gasteiger charge is -2.11. The van der Waals surface area contributed by atoms with Gasteiger partial charge in [-0.1, -0.05) is 43.5 Å². The van der Waals surface area contributed by atoms with Gasteiger partial charge in [0.1, 0.15) is 11.6 Å².